The first-order valence-electron chi connectivity index (χ1n) is 8.39. The topological polar surface area (TPSA) is 56.5 Å². The fourth-order valence-corrected chi connectivity index (χ4v) is 3.47. The molecule has 0 saturated carbocycles. The second-order valence-corrected chi connectivity index (χ2v) is 6.21. The van der Waals surface area contributed by atoms with Gasteiger partial charge in [-0.1, -0.05) is 12.1 Å². The van der Waals surface area contributed by atoms with Crippen molar-refractivity contribution in [2.75, 3.05) is 14.2 Å². The first kappa shape index (κ1) is 16.4. The maximum atomic E-state index is 9.83. The minimum atomic E-state index is -0.0458. The van der Waals surface area contributed by atoms with Gasteiger partial charge in [0.25, 0.3) is 0 Å². The van der Waals surface area contributed by atoms with E-state index in [1.807, 2.05) is 49.5 Å². The highest BCUT2D eigenvalue weighted by molar-refractivity contribution is 6.07. The second kappa shape index (κ2) is 6.35. The maximum absolute atomic E-state index is 9.83. The van der Waals surface area contributed by atoms with Gasteiger partial charge < -0.3 is 19.1 Å². The smallest absolute Gasteiger partial charge is 0.145 e. The van der Waals surface area contributed by atoms with Crippen LogP contribution in [0.1, 0.15) is 11.1 Å². The van der Waals surface area contributed by atoms with E-state index < -0.39 is 0 Å². The Kier molecular flexibility index (Phi) is 4.01. The van der Waals surface area contributed by atoms with Crippen LogP contribution in [0.25, 0.3) is 27.5 Å². The van der Waals surface area contributed by atoms with Gasteiger partial charge in [-0.25, -0.2) is 0 Å². The molecule has 5 heteroatoms. The van der Waals surface area contributed by atoms with Crippen molar-refractivity contribution in [3.05, 3.63) is 59.9 Å². The van der Waals surface area contributed by atoms with E-state index in [1.165, 1.54) is 0 Å². The number of pyridine rings is 1. The molecule has 0 radical (unpaired) electrons. The van der Waals surface area contributed by atoms with Gasteiger partial charge >= 0.3 is 0 Å². The molecule has 0 spiro atoms. The summed E-state index contributed by atoms with van der Waals surface area (Å²) in [5.74, 6) is 1.55. The van der Waals surface area contributed by atoms with E-state index >= 15 is 0 Å². The van der Waals surface area contributed by atoms with Crippen molar-refractivity contribution < 1.29 is 14.6 Å². The van der Waals surface area contributed by atoms with Crippen molar-refractivity contribution in [2.24, 2.45) is 0 Å². The quantitative estimate of drug-likeness (QED) is 0.606. The molecule has 0 unspecified atom stereocenters. The first-order chi connectivity index (χ1) is 12.7. The lowest BCUT2D eigenvalue weighted by molar-refractivity contribution is 0.283. The lowest BCUT2D eigenvalue weighted by atomic mass is 10.1. The summed E-state index contributed by atoms with van der Waals surface area (Å²) in [6.45, 7) is 2.00. The average molecular weight is 348 g/mol. The van der Waals surface area contributed by atoms with Gasteiger partial charge in [-0.2, -0.15) is 0 Å². The van der Waals surface area contributed by atoms with Crippen LogP contribution in [0.3, 0.4) is 0 Å². The number of nitrogens with zero attached hydrogens (tertiary/aromatic N) is 2. The highest BCUT2D eigenvalue weighted by atomic mass is 16.5. The van der Waals surface area contributed by atoms with Gasteiger partial charge in [0.05, 0.1) is 26.3 Å². The van der Waals surface area contributed by atoms with Crippen molar-refractivity contribution in [1.82, 2.24) is 9.55 Å². The number of aryl methyl sites for hydroxylation is 1. The van der Waals surface area contributed by atoms with Gasteiger partial charge in [-0.05, 0) is 36.8 Å². The molecule has 0 fully saturated rings. The zero-order valence-electron chi connectivity index (χ0n) is 15.0. The van der Waals surface area contributed by atoms with Crippen LogP contribution in [0.2, 0.25) is 0 Å². The molecule has 1 N–H and O–H groups in total. The third-order valence-corrected chi connectivity index (χ3v) is 4.76. The van der Waals surface area contributed by atoms with E-state index in [2.05, 4.69) is 9.55 Å². The summed E-state index contributed by atoms with van der Waals surface area (Å²) in [4.78, 5) is 4.58. The van der Waals surface area contributed by atoms with Gasteiger partial charge in [0.1, 0.15) is 17.0 Å². The van der Waals surface area contributed by atoms with Crippen LogP contribution in [0.5, 0.6) is 11.5 Å². The molecular formula is C21H20N2O3. The molecule has 0 aliphatic rings. The van der Waals surface area contributed by atoms with Crippen LogP contribution >= 0.6 is 0 Å². The number of hydrogen-bond donors (Lipinski definition) is 1. The summed E-state index contributed by atoms with van der Waals surface area (Å²) in [7, 11) is 3.31. The van der Waals surface area contributed by atoms with E-state index in [0.717, 1.165) is 50.1 Å². The number of fused-ring (bicyclic) bond motifs is 3. The number of rotatable bonds is 4. The number of para-hydroxylation sites is 1. The second-order valence-electron chi connectivity index (χ2n) is 6.21. The molecule has 0 atom stereocenters. The van der Waals surface area contributed by atoms with Crippen LogP contribution in [0, 0.1) is 6.92 Å². The Balaban J connectivity index is 2.10. The molecule has 2 aromatic carbocycles. The number of ether oxygens (including phenoxy) is 2. The van der Waals surface area contributed by atoms with E-state index in [0.29, 0.717) is 0 Å². The fraction of sp³-hybridized carbons (Fsp3) is 0.190. The molecule has 0 bridgehead atoms. The number of benzene rings is 2. The highest BCUT2D eigenvalue weighted by Gasteiger charge is 2.16. The lowest BCUT2D eigenvalue weighted by Crippen LogP contribution is -1.97. The van der Waals surface area contributed by atoms with Crippen molar-refractivity contribution in [1.29, 1.82) is 0 Å². The summed E-state index contributed by atoms with van der Waals surface area (Å²) < 4.78 is 12.9. The van der Waals surface area contributed by atoms with E-state index in [4.69, 9.17) is 9.47 Å². The molecule has 0 amide bonds. The van der Waals surface area contributed by atoms with E-state index in [1.54, 1.807) is 20.4 Å². The van der Waals surface area contributed by atoms with Crippen LogP contribution < -0.4 is 9.47 Å². The molecule has 0 aliphatic carbocycles. The first-order valence-corrected chi connectivity index (χ1v) is 8.39. The number of methoxy groups -OCH3 is 2. The zero-order chi connectivity index (χ0) is 18.3. The molecule has 0 aliphatic heterocycles. The molecule has 0 saturated heterocycles. The minimum Gasteiger partial charge on any atom is -0.497 e. The molecule has 4 aromatic rings. The largest absolute Gasteiger partial charge is 0.497 e. The number of aliphatic hydroxyl groups is 1. The molecule has 132 valence electrons. The van der Waals surface area contributed by atoms with Crippen LogP contribution in [-0.4, -0.2) is 28.9 Å². The van der Waals surface area contributed by atoms with E-state index in [-0.39, 0.29) is 6.61 Å². The SMILES string of the molecule is COc1ccc(-n2cc(CO)c3cnc4c(OC)cccc4c32)c(C)c1. The van der Waals surface area contributed by atoms with Crippen LogP contribution in [-0.2, 0) is 6.61 Å². The molecule has 5 nitrogen and oxygen atoms in total. The normalized spacial score (nSPS) is 11.2. The van der Waals surface area contributed by atoms with Gasteiger partial charge in [-0.15, -0.1) is 0 Å². The third kappa shape index (κ3) is 2.40. The minimum absolute atomic E-state index is 0.0458. The van der Waals surface area contributed by atoms with E-state index in [9.17, 15) is 5.11 Å². The van der Waals surface area contributed by atoms with Crippen molar-refractivity contribution in [2.45, 2.75) is 13.5 Å². The summed E-state index contributed by atoms with van der Waals surface area (Å²) >= 11 is 0. The Morgan fingerprint density at radius 3 is 2.62 bits per heavy atom. The van der Waals surface area contributed by atoms with Crippen molar-refractivity contribution in [3.63, 3.8) is 0 Å². The third-order valence-electron chi connectivity index (χ3n) is 4.76. The van der Waals surface area contributed by atoms with Crippen LogP contribution in [0.4, 0.5) is 0 Å². The molecule has 2 heterocycles. The summed E-state index contributed by atoms with van der Waals surface area (Å²) in [6, 6.07) is 11.9. The maximum Gasteiger partial charge on any atom is 0.145 e. The number of aromatic nitrogens is 2. The summed E-state index contributed by atoms with van der Waals surface area (Å²) in [5.41, 5.74) is 4.76. The predicted molar refractivity (Wildman–Crippen MR) is 102 cm³/mol. The van der Waals surface area contributed by atoms with Crippen molar-refractivity contribution in [3.8, 4) is 17.2 Å². The Labute approximate surface area is 151 Å². The molecule has 2 aromatic heterocycles. The standard InChI is InChI=1S/C21H20N2O3/c1-13-9-15(25-2)7-8-18(13)23-11-14(12-24)17-10-22-20-16(21(17)23)5-4-6-19(20)26-3/h4-11,24H,12H2,1-3H3. The average Bonchev–Trinajstić information content (AvgIpc) is 3.06. The number of hydrogen-bond acceptors (Lipinski definition) is 4. The Bertz CT molecular complexity index is 1120. The monoisotopic (exact) mass is 348 g/mol. The van der Waals surface area contributed by atoms with Gasteiger partial charge in [0, 0.05) is 34.4 Å². The van der Waals surface area contributed by atoms with Gasteiger partial charge in [0.2, 0.25) is 0 Å². The fourth-order valence-electron chi connectivity index (χ4n) is 3.47. The molecule has 26 heavy (non-hydrogen) atoms. The van der Waals surface area contributed by atoms with Gasteiger partial charge in [-0.3, -0.25) is 4.98 Å². The lowest BCUT2D eigenvalue weighted by Gasteiger charge is -2.13. The van der Waals surface area contributed by atoms with Gasteiger partial charge in [0.15, 0.2) is 0 Å². The molecular weight excluding hydrogens is 328 g/mol. The Morgan fingerprint density at radius 2 is 1.92 bits per heavy atom. The Hall–Kier alpha value is -3.05. The molecule has 4 rings (SSSR count). The summed E-state index contributed by atoms with van der Waals surface area (Å²) in [6.07, 6.45) is 3.78. The van der Waals surface area contributed by atoms with Crippen molar-refractivity contribution >= 4 is 21.8 Å². The highest BCUT2D eigenvalue weighted by Crippen LogP contribution is 2.35. The predicted octanol–water partition coefficient (Wildman–Crippen LogP) is 4.00. The Morgan fingerprint density at radius 1 is 1.08 bits per heavy atom. The van der Waals surface area contributed by atoms with Crippen LogP contribution in [0.15, 0.2) is 48.8 Å². The number of aliphatic hydroxyl groups excluding tert-OH is 1. The zero-order valence-corrected chi connectivity index (χ0v) is 15.0. The summed E-state index contributed by atoms with van der Waals surface area (Å²) in [5, 5.41) is 11.8.